The van der Waals surface area contributed by atoms with Gasteiger partial charge in [-0.3, -0.25) is 0 Å². The van der Waals surface area contributed by atoms with Crippen LogP contribution in [0.5, 0.6) is 11.5 Å². The summed E-state index contributed by atoms with van der Waals surface area (Å²) in [6.45, 7) is 1.27. The Balaban J connectivity index is 2.13. The molecule has 4 heteroatoms. The highest BCUT2D eigenvalue weighted by Crippen LogP contribution is 2.26. The second kappa shape index (κ2) is 7.67. The van der Waals surface area contributed by atoms with E-state index in [-0.39, 0.29) is 6.04 Å². The average Bonchev–Trinajstić information content (AvgIpc) is 2.56. The van der Waals surface area contributed by atoms with Crippen molar-refractivity contribution in [3.8, 4) is 11.5 Å². The summed E-state index contributed by atoms with van der Waals surface area (Å²) < 4.78 is 10.6. The summed E-state index contributed by atoms with van der Waals surface area (Å²) in [6, 6.07) is 16.1. The molecule has 0 saturated carbocycles. The van der Waals surface area contributed by atoms with Crippen LogP contribution in [0.2, 0.25) is 0 Å². The van der Waals surface area contributed by atoms with Crippen LogP contribution in [0.1, 0.15) is 17.2 Å². The molecule has 0 saturated heterocycles. The van der Waals surface area contributed by atoms with Crippen molar-refractivity contribution < 1.29 is 9.47 Å². The van der Waals surface area contributed by atoms with Gasteiger partial charge < -0.3 is 20.5 Å². The summed E-state index contributed by atoms with van der Waals surface area (Å²) in [5.74, 6) is 1.54. The zero-order chi connectivity index (χ0) is 15.1. The van der Waals surface area contributed by atoms with Crippen LogP contribution in [-0.4, -0.2) is 20.8 Å². The second-order valence-electron chi connectivity index (χ2n) is 4.80. The zero-order valence-corrected chi connectivity index (χ0v) is 12.5. The molecular weight excluding hydrogens is 264 g/mol. The smallest absolute Gasteiger partial charge is 0.122 e. The lowest BCUT2D eigenvalue weighted by atomic mass is 10.1. The normalized spacial score (nSPS) is 12.0. The maximum Gasteiger partial charge on any atom is 0.122 e. The SMILES string of the molecule is COc1cc(OC)cc(C(CN)NCc2ccccc2)c1. The lowest BCUT2D eigenvalue weighted by Gasteiger charge is -2.19. The lowest BCUT2D eigenvalue weighted by Crippen LogP contribution is -2.27. The van der Waals surface area contributed by atoms with Crippen LogP contribution in [-0.2, 0) is 6.54 Å². The van der Waals surface area contributed by atoms with Crippen molar-refractivity contribution in [2.75, 3.05) is 20.8 Å². The van der Waals surface area contributed by atoms with Crippen molar-refractivity contribution in [2.45, 2.75) is 12.6 Å². The van der Waals surface area contributed by atoms with Crippen LogP contribution < -0.4 is 20.5 Å². The summed E-state index contributed by atoms with van der Waals surface area (Å²) in [4.78, 5) is 0. The predicted molar refractivity (Wildman–Crippen MR) is 84.6 cm³/mol. The van der Waals surface area contributed by atoms with Crippen LogP contribution in [0.25, 0.3) is 0 Å². The van der Waals surface area contributed by atoms with Gasteiger partial charge >= 0.3 is 0 Å². The molecule has 0 aliphatic heterocycles. The fraction of sp³-hybridized carbons (Fsp3) is 0.294. The van der Waals surface area contributed by atoms with Gasteiger partial charge in [-0.25, -0.2) is 0 Å². The molecule has 3 N–H and O–H groups in total. The Morgan fingerprint density at radius 2 is 1.62 bits per heavy atom. The summed E-state index contributed by atoms with van der Waals surface area (Å²) in [5.41, 5.74) is 8.20. The minimum Gasteiger partial charge on any atom is -0.497 e. The van der Waals surface area contributed by atoms with Gasteiger partial charge in [0.2, 0.25) is 0 Å². The monoisotopic (exact) mass is 286 g/mol. The standard InChI is InChI=1S/C17H22N2O2/c1-20-15-8-14(9-16(10-15)21-2)17(11-18)19-12-13-6-4-3-5-7-13/h3-10,17,19H,11-12,18H2,1-2H3. The van der Waals surface area contributed by atoms with Crippen LogP contribution in [0.4, 0.5) is 0 Å². The second-order valence-corrected chi connectivity index (χ2v) is 4.80. The first-order chi connectivity index (χ1) is 10.3. The molecule has 1 unspecified atom stereocenters. The summed E-state index contributed by atoms with van der Waals surface area (Å²) in [7, 11) is 3.29. The van der Waals surface area contributed by atoms with Gasteiger partial charge in [-0.1, -0.05) is 30.3 Å². The number of hydrogen-bond acceptors (Lipinski definition) is 4. The minimum absolute atomic E-state index is 0.0502. The molecule has 2 aromatic carbocycles. The van der Waals surface area contributed by atoms with Crippen LogP contribution in [0, 0.1) is 0 Å². The molecule has 0 aliphatic carbocycles. The van der Waals surface area contributed by atoms with E-state index in [2.05, 4.69) is 17.4 Å². The van der Waals surface area contributed by atoms with Crippen molar-refractivity contribution in [1.82, 2.24) is 5.32 Å². The molecule has 2 aromatic rings. The number of nitrogens with two attached hydrogens (primary N) is 1. The lowest BCUT2D eigenvalue weighted by molar-refractivity contribution is 0.391. The molecule has 2 rings (SSSR count). The maximum absolute atomic E-state index is 5.91. The molecule has 0 heterocycles. The fourth-order valence-electron chi connectivity index (χ4n) is 2.20. The van der Waals surface area contributed by atoms with E-state index in [9.17, 15) is 0 Å². The maximum atomic E-state index is 5.91. The van der Waals surface area contributed by atoms with Crippen molar-refractivity contribution in [2.24, 2.45) is 5.73 Å². The number of methoxy groups -OCH3 is 2. The van der Waals surface area contributed by atoms with Gasteiger partial charge in [0.25, 0.3) is 0 Å². The highest BCUT2D eigenvalue weighted by molar-refractivity contribution is 5.40. The molecule has 112 valence electrons. The summed E-state index contributed by atoms with van der Waals surface area (Å²) in [5, 5.41) is 3.47. The molecule has 4 nitrogen and oxygen atoms in total. The first-order valence-electron chi connectivity index (χ1n) is 6.97. The zero-order valence-electron chi connectivity index (χ0n) is 12.5. The highest BCUT2D eigenvalue weighted by Gasteiger charge is 2.12. The third-order valence-corrected chi connectivity index (χ3v) is 3.41. The van der Waals surface area contributed by atoms with E-state index >= 15 is 0 Å². The van der Waals surface area contributed by atoms with E-state index < -0.39 is 0 Å². The van der Waals surface area contributed by atoms with E-state index in [1.54, 1.807) is 14.2 Å². The number of hydrogen-bond donors (Lipinski definition) is 2. The topological polar surface area (TPSA) is 56.5 Å². The Labute approximate surface area is 125 Å². The molecule has 0 aromatic heterocycles. The fourth-order valence-corrected chi connectivity index (χ4v) is 2.20. The highest BCUT2D eigenvalue weighted by atomic mass is 16.5. The Bertz CT molecular complexity index is 536. The minimum atomic E-state index is 0.0502. The predicted octanol–water partition coefficient (Wildman–Crippen LogP) is 2.49. The van der Waals surface area contributed by atoms with Gasteiger partial charge in [-0.15, -0.1) is 0 Å². The van der Waals surface area contributed by atoms with Crippen molar-refractivity contribution in [3.63, 3.8) is 0 Å². The Morgan fingerprint density at radius 3 is 2.14 bits per heavy atom. The molecule has 0 fully saturated rings. The van der Waals surface area contributed by atoms with Gasteiger partial charge in [-0.05, 0) is 23.3 Å². The van der Waals surface area contributed by atoms with E-state index in [4.69, 9.17) is 15.2 Å². The van der Waals surface area contributed by atoms with Gasteiger partial charge in [0.15, 0.2) is 0 Å². The molecular formula is C17H22N2O2. The molecule has 0 bridgehead atoms. The third kappa shape index (κ3) is 4.21. The van der Waals surface area contributed by atoms with Crippen molar-refractivity contribution in [3.05, 3.63) is 59.7 Å². The number of rotatable bonds is 7. The van der Waals surface area contributed by atoms with E-state index in [1.807, 2.05) is 36.4 Å². The molecule has 0 aliphatic rings. The summed E-state index contributed by atoms with van der Waals surface area (Å²) in [6.07, 6.45) is 0. The van der Waals surface area contributed by atoms with Crippen molar-refractivity contribution >= 4 is 0 Å². The molecule has 21 heavy (non-hydrogen) atoms. The Morgan fingerprint density at radius 1 is 1.00 bits per heavy atom. The molecule has 0 spiro atoms. The average molecular weight is 286 g/mol. The van der Waals surface area contributed by atoms with Crippen LogP contribution in [0.3, 0.4) is 0 Å². The quantitative estimate of drug-likeness (QED) is 0.821. The van der Waals surface area contributed by atoms with Crippen molar-refractivity contribution in [1.29, 1.82) is 0 Å². The van der Waals surface area contributed by atoms with E-state index in [0.717, 1.165) is 23.6 Å². The largest absolute Gasteiger partial charge is 0.497 e. The van der Waals surface area contributed by atoms with E-state index in [1.165, 1.54) is 5.56 Å². The van der Waals surface area contributed by atoms with Gasteiger partial charge in [0.1, 0.15) is 11.5 Å². The summed E-state index contributed by atoms with van der Waals surface area (Å²) >= 11 is 0. The Hall–Kier alpha value is -2.04. The Kier molecular flexibility index (Phi) is 5.60. The first kappa shape index (κ1) is 15.4. The molecule has 0 amide bonds. The number of ether oxygens (including phenoxy) is 2. The van der Waals surface area contributed by atoms with Gasteiger partial charge in [0, 0.05) is 25.2 Å². The molecule has 1 atom stereocenters. The third-order valence-electron chi connectivity index (χ3n) is 3.41. The first-order valence-corrected chi connectivity index (χ1v) is 6.97. The number of nitrogens with one attached hydrogen (secondary N) is 1. The van der Waals surface area contributed by atoms with Crippen LogP contribution in [0.15, 0.2) is 48.5 Å². The number of benzene rings is 2. The van der Waals surface area contributed by atoms with Gasteiger partial charge in [0.05, 0.1) is 14.2 Å². The van der Waals surface area contributed by atoms with E-state index in [0.29, 0.717) is 6.54 Å². The van der Waals surface area contributed by atoms with Gasteiger partial charge in [-0.2, -0.15) is 0 Å². The molecule has 0 radical (unpaired) electrons. The van der Waals surface area contributed by atoms with Crippen LogP contribution >= 0.6 is 0 Å².